The van der Waals surface area contributed by atoms with Gasteiger partial charge in [0.2, 0.25) is 5.95 Å². The zero-order valence-corrected chi connectivity index (χ0v) is 13.9. The molecule has 2 aliphatic rings. The molecule has 0 spiro atoms. The molecular formula is C18H23N5O. The lowest BCUT2D eigenvalue weighted by molar-refractivity contribution is 0.240. The minimum absolute atomic E-state index is 0.0431. The van der Waals surface area contributed by atoms with Gasteiger partial charge < -0.3 is 4.90 Å². The Kier molecular flexibility index (Phi) is 4.30. The van der Waals surface area contributed by atoms with Crippen molar-refractivity contribution >= 4 is 5.95 Å². The van der Waals surface area contributed by atoms with Crippen LogP contribution in [-0.4, -0.2) is 39.5 Å². The molecule has 2 aromatic heterocycles. The Morgan fingerprint density at radius 1 is 1.17 bits per heavy atom. The van der Waals surface area contributed by atoms with E-state index in [1.54, 1.807) is 6.20 Å². The van der Waals surface area contributed by atoms with Gasteiger partial charge in [-0.1, -0.05) is 6.07 Å². The van der Waals surface area contributed by atoms with Crippen LogP contribution in [0.2, 0.25) is 0 Å². The third kappa shape index (κ3) is 3.19. The van der Waals surface area contributed by atoms with Crippen molar-refractivity contribution < 1.29 is 0 Å². The molecule has 1 fully saturated rings. The smallest absolute Gasteiger partial charge is 0.255 e. The van der Waals surface area contributed by atoms with E-state index in [-0.39, 0.29) is 5.56 Å². The van der Waals surface area contributed by atoms with Crippen molar-refractivity contribution in [1.29, 1.82) is 0 Å². The number of piperidine rings is 1. The maximum atomic E-state index is 12.4. The van der Waals surface area contributed by atoms with Crippen molar-refractivity contribution in [2.24, 2.45) is 0 Å². The van der Waals surface area contributed by atoms with Gasteiger partial charge in [-0.05, 0) is 37.3 Å². The van der Waals surface area contributed by atoms with Gasteiger partial charge in [-0.25, -0.2) is 4.98 Å². The molecule has 4 rings (SSSR count). The molecule has 0 unspecified atom stereocenters. The van der Waals surface area contributed by atoms with E-state index < -0.39 is 0 Å². The molecule has 0 saturated carbocycles. The maximum absolute atomic E-state index is 12.4. The Labute approximate surface area is 141 Å². The first kappa shape index (κ1) is 15.3. The average molecular weight is 325 g/mol. The van der Waals surface area contributed by atoms with Gasteiger partial charge >= 0.3 is 0 Å². The van der Waals surface area contributed by atoms with E-state index in [1.165, 1.54) is 24.8 Å². The van der Waals surface area contributed by atoms with Crippen LogP contribution in [0.4, 0.5) is 5.95 Å². The van der Waals surface area contributed by atoms with Crippen LogP contribution in [0.25, 0.3) is 0 Å². The molecule has 24 heavy (non-hydrogen) atoms. The fourth-order valence-corrected chi connectivity index (χ4v) is 3.62. The van der Waals surface area contributed by atoms with E-state index in [1.807, 2.05) is 12.3 Å². The van der Waals surface area contributed by atoms with Gasteiger partial charge in [0, 0.05) is 50.7 Å². The van der Waals surface area contributed by atoms with Gasteiger partial charge in [0.1, 0.15) is 0 Å². The van der Waals surface area contributed by atoms with E-state index in [0.29, 0.717) is 0 Å². The third-order valence-electron chi connectivity index (χ3n) is 4.92. The number of hydrogen-bond donors (Lipinski definition) is 1. The number of nitrogens with zero attached hydrogens (tertiary/aromatic N) is 4. The van der Waals surface area contributed by atoms with Crippen molar-refractivity contribution in [2.45, 2.75) is 38.8 Å². The van der Waals surface area contributed by atoms with Crippen molar-refractivity contribution in [3.8, 4) is 0 Å². The van der Waals surface area contributed by atoms with Crippen molar-refractivity contribution in [3.05, 3.63) is 51.7 Å². The third-order valence-corrected chi connectivity index (χ3v) is 4.92. The monoisotopic (exact) mass is 325 g/mol. The van der Waals surface area contributed by atoms with Crippen molar-refractivity contribution in [2.75, 3.05) is 24.5 Å². The van der Waals surface area contributed by atoms with Crippen molar-refractivity contribution in [1.82, 2.24) is 19.9 Å². The Bertz CT molecular complexity index is 752. The molecule has 0 atom stereocenters. The summed E-state index contributed by atoms with van der Waals surface area (Å²) in [6.45, 7) is 4.44. The Morgan fingerprint density at radius 3 is 2.83 bits per heavy atom. The van der Waals surface area contributed by atoms with Crippen LogP contribution in [0.1, 0.15) is 36.1 Å². The van der Waals surface area contributed by atoms with Gasteiger partial charge in [0.05, 0.1) is 5.69 Å². The molecular weight excluding hydrogens is 302 g/mol. The molecule has 0 bridgehead atoms. The Balaban J connectivity index is 1.55. The van der Waals surface area contributed by atoms with Crippen LogP contribution in [0.15, 0.2) is 29.3 Å². The van der Waals surface area contributed by atoms with E-state index in [2.05, 4.69) is 25.8 Å². The summed E-state index contributed by atoms with van der Waals surface area (Å²) in [7, 11) is 0. The molecule has 1 N–H and O–H groups in total. The summed E-state index contributed by atoms with van der Waals surface area (Å²) in [5.41, 5.74) is 3.04. The molecule has 0 amide bonds. The number of aromatic nitrogens is 3. The van der Waals surface area contributed by atoms with Gasteiger partial charge in [0.25, 0.3) is 5.56 Å². The predicted molar refractivity (Wildman–Crippen MR) is 93.0 cm³/mol. The molecule has 0 radical (unpaired) electrons. The minimum Gasteiger partial charge on any atom is -0.342 e. The first-order valence-electron chi connectivity index (χ1n) is 8.78. The molecule has 6 nitrogen and oxygen atoms in total. The predicted octanol–water partition coefficient (Wildman–Crippen LogP) is 1.71. The van der Waals surface area contributed by atoms with E-state index in [9.17, 15) is 4.79 Å². The number of aromatic amines is 1. The highest BCUT2D eigenvalue weighted by Gasteiger charge is 2.23. The molecule has 6 heteroatoms. The lowest BCUT2D eigenvalue weighted by atomic mass is 10.1. The van der Waals surface area contributed by atoms with Crippen molar-refractivity contribution in [3.63, 3.8) is 0 Å². The average Bonchev–Trinajstić information content (AvgIpc) is 2.63. The maximum Gasteiger partial charge on any atom is 0.255 e. The van der Waals surface area contributed by atoms with Crippen LogP contribution in [0.3, 0.4) is 0 Å². The zero-order chi connectivity index (χ0) is 16.4. The SMILES string of the molecule is O=c1[nH]c(N2CCCCC2)nc2c1CCN(Cc1cccnc1)C2. The minimum atomic E-state index is 0.0431. The molecule has 126 valence electrons. The highest BCUT2D eigenvalue weighted by atomic mass is 16.1. The molecule has 0 aromatic carbocycles. The number of hydrogen-bond acceptors (Lipinski definition) is 5. The number of anilines is 1. The van der Waals surface area contributed by atoms with Crippen LogP contribution >= 0.6 is 0 Å². The number of H-pyrrole nitrogens is 1. The summed E-state index contributed by atoms with van der Waals surface area (Å²) in [6.07, 6.45) is 8.07. The standard InChI is InChI=1S/C18H23N5O/c24-17-15-6-10-22(12-14-5-4-7-19-11-14)13-16(15)20-18(21-17)23-8-2-1-3-9-23/h4-5,7,11H,1-3,6,8-10,12-13H2,(H,20,21,24). The summed E-state index contributed by atoms with van der Waals surface area (Å²) < 4.78 is 0. The number of nitrogens with one attached hydrogen (secondary N) is 1. The molecule has 4 heterocycles. The van der Waals surface area contributed by atoms with Crippen LogP contribution in [0, 0.1) is 0 Å². The van der Waals surface area contributed by atoms with Gasteiger partial charge in [0.15, 0.2) is 0 Å². The Morgan fingerprint density at radius 2 is 2.04 bits per heavy atom. The summed E-state index contributed by atoms with van der Waals surface area (Å²) >= 11 is 0. The Hall–Kier alpha value is -2.21. The first-order chi connectivity index (χ1) is 11.8. The van der Waals surface area contributed by atoms with Gasteiger partial charge in [-0.15, -0.1) is 0 Å². The second-order valence-corrected chi connectivity index (χ2v) is 6.68. The summed E-state index contributed by atoms with van der Waals surface area (Å²) in [4.78, 5) is 29.0. The molecule has 1 saturated heterocycles. The van der Waals surface area contributed by atoms with Gasteiger partial charge in [-0.3, -0.25) is 19.7 Å². The van der Waals surface area contributed by atoms with Crippen LogP contribution in [0.5, 0.6) is 0 Å². The number of pyridine rings is 1. The lowest BCUT2D eigenvalue weighted by Crippen LogP contribution is -2.38. The van der Waals surface area contributed by atoms with Crippen LogP contribution in [-0.2, 0) is 19.5 Å². The van der Waals surface area contributed by atoms with E-state index in [4.69, 9.17) is 4.98 Å². The topological polar surface area (TPSA) is 65.1 Å². The fourth-order valence-electron chi connectivity index (χ4n) is 3.62. The summed E-state index contributed by atoms with van der Waals surface area (Å²) in [5.74, 6) is 0.752. The highest BCUT2D eigenvalue weighted by Crippen LogP contribution is 2.20. The molecule has 2 aliphatic heterocycles. The summed E-state index contributed by atoms with van der Waals surface area (Å²) in [5, 5.41) is 0. The summed E-state index contributed by atoms with van der Waals surface area (Å²) in [6, 6.07) is 4.05. The van der Waals surface area contributed by atoms with Gasteiger partial charge in [-0.2, -0.15) is 0 Å². The number of rotatable bonds is 3. The second-order valence-electron chi connectivity index (χ2n) is 6.68. The van der Waals surface area contributed by atoms with Crippen LogP contribution < -0.4 is 10.5 Å². The molecule has 0 aliphatic carbocycles. The van der Waals surface area contributed by atoms with E-state index >= 15 is 0 Å². The zero-order valence-electron chi connectivity index (χ0n) is 13.9. The first-order valence-corrected chi connectivity index (χ1v) is 8.78. The van der Waals surface area contributed by atoms with E-state index in [0.717, 1.165) is 56.4 Å². The lowest BCUT2D eigenvalue weighted by Gasteiger charge is -2.30. The number of fused-ring (bicyclic) bond motifs is 1. The quantitative estimate of drug-likeness (QED) is 0.931. The normalized spacial score (nSPS) is 18.4. The largest absolute Gasteiger partial charge is 0.342 e. The second kappa shape index (κ2) is 6.73. The highest BCUT2D eigenvalue weighted by molar-refractivity contribution is 5.34. The fraction of sp³-hybridized carbons (Fsp3) is 0.500. The molecule has 2 aromatic rings.